The van der Waals surface area contributed by atoms with Crippen LogP contribution in [0.1, 0.15) is 31.7 Å². The molecule has 4 heteroatoms. The second kappa shape index (κ2) is 8.67. The highest BCUT2D eigenvalue weighted by Gasteiger charge is 2.19. The van der Waals surface area contributed by atoms with Crippen LogP contribution in [0.5, 0.6) is 0 Å². The van der Waals surface area contributed by atoms with E-state index in [2.05, 4.69) is 6.92 Å². The monoisotopic (exact) mass is 265 g/mol. The molecule has 1 N–H and O–H groups in total. The molecule has 0 heterocycles. The Balaban J connectivity index is 2.35. The fourth-order valence-electron chi connectivity index (χ4n) is 1.87. The molecule has 1 rings (SSSR count). The zero-order valence-electron chi connectivity index (χ0n) is 11.7. The third-order valence-corrected chi connectivity index (χ3v) is 3.03. The van der Waals surface area contributed by atoms with Crippen molar-refractivity contribution in [3.05, 3.63) is 35.9 Å². The lowest BCUT2D eigenvalue weighted by molar-refractivity contribution is -0.169. The molecule has 0 amide bonds. The van der Waals surface area contributed by atoms with Crippen LogP contribution in [0.15, 0.2) is 30.3 Å². The number of hydrogen-bond acceptors (Lipinski definition) is 3. The highest BCUT2D eigenvalue weighted by Crippen LogP contribution is 2.11. The maximum atomic E-state index is 11.1. The summed E-state index contributed by atoms with van der Waals surface area (Å²) < 4.78 is 0. The molecule has 1 unspecified atom stereocenters. The van der Waals surface area contributed by atoms with Gasteiger partial charge in [-0.05, 0) is 12.0 Å². The van der Waals surface area contributed by atoms with Crippen molar-refractivity contribution in [1.29, 1.82) is 0 Å². The summed E-state index contributed by atoms with van der Waals surface area (Å²) in [5, 5.41) is 10.8. The molecule has 1 aromatic carbocycles. The molecule has 0 saturated heterocycles. The second-order valence-electron chi connectivity index (χ2n) is 4.75. The summed E-state index contributed by atoms with van der Waals surface area (Å²) in [6, 6.07) is 9.84. The number of rotatable bonds is 9. The first kappa shape index (κ1) is 15.7. The minimum Gasteiger partial charge on any atom is -0.481 e. The molecular formula is C15H23NO3. The Morgan fingerprint density at radius 1 is 1.37 bits per heavy atom. The average Bonchev–Trinajstić information content (AvgIpc) is 2.42. The summed E-state index contributed by atoms with van der Waals surface area (Å²) in [7, 11) is 1.78. The van der Waals surface area contributed by atoms with E-state index in [0.29, 0.717) is 19.6 Å². The molecule has 0 aromatic heterocycles. The number of carboxylic acid groups (broad SMARTS) is 1. The molecule has 0 aliphatic heterocycles. The van der Waals surface area contributed by atoms with Crippen LogP contribution in [0.4, 0.5) is 0 Å². The zero-order chi connectivity index (χ0) is 14.1. The van der Waals surface area contributed by atoms with Crippen LogP contribution in [0.25, 0.3) is 0 Å². The Bertz CT molecular complexity index is 367. The van der Waals surface area contributed by atoms with Crippen molar-refractivity contribution < 1.29 is 14.7 Å². The SMILES string of the molecule is CCCCC(CN(C)OCc1ccccc1)C(=O)O. The lowest BCUT2D eigenvalue weighted by Crippen LogP contribution is -2.30. The van der Waals surface area contributed by atoms with Gasteiger partial charge < -0.3 is 5.11 Å². The predicted octanol–water partition coefficient (Wildman–Crippen LogP) is 2.94. The summed E-state index contributed by atoms with van der Waals surface area (Å²) in [5.41, 5.74) is 1.08. The van der Waals surface area contributed by atoms with E-state index >= 15 is 0 Å². The Morgan fingerprint density at radius 3 is 2.63 bits per heavy atom. The minimum absolute atomic E-state index is 0.360. The second-order valence-corrected chi connectivity index (χ2v) is 4.75. The lowest BCUT2D eigenvalue weighted by atomic mass is 10.0. The van der Waals surface area contributed by atoms with Gasteiger partial charge >= 0.3 is 5.97 Å². The maximum Gasteiger partial charge on any atom is 0.307 e. The van der Waals surface area contributed by atoms with Crippen molar-refractivity contribution in [2.24, 2.45) is 5.92 Å². The lowest BCUT2D eigenvalue weighted by Gasteiger charge is -2.21. The number of aliphatic carboxylic acids is 1. The van der Waals surface area contributed by atoms with E-state index in [9.17, 15) is 4.79 Å². The van der Waals surface area contributed by atoms with Crippen LogP contribution in [0, 0.1) is 5.92 Å². The van der Waals surface area contributed by atoms with Crippen molar-refractivity contribution in [2.75, 3.05) is 13.6 Å². The first-order valence-corrected chi connectivity index (χ1v) is 6.74. The molecule has 4 nitrogen and oxygen atoms in total. The summed E-state index contributed by atoms with van der Waals surface area (Å²) in [5.74, 6) is -1.11. The molecule has 0 fully saturated rings. The van der Waals surface area contributed by atoms with Crippen LogP contribution in [-0.4, -0.2) is 29.7 Å². The number of nitrogens with zero attached hydrogens (tertiary/aromatic N) is 1. The molecule has 0 aliphatic rings. The van der Waals surface area contributed by atoms with Crippen molar-refractivity contribution >= 4 is 5.97 Å². The molecule has 1 atom stereocenters. The number of hydroxylamine groups is 2. The standard InChI is InChI=1S/C15H23NO3/c1-3-4-10-14(15(17)18)11-16(2)19-12-13-8-6-5-7-9-13/h5-9,14H,3-4,10-12H2,1-2H3,(H,17,18). The molecular weight excluding hydrogens is 242 g/mol. The van der Waals surface area contributed by atoms with Gasteiger partial charge in [-0.25, -0.2) is 0 Å². The van der Waals surface area contributed by atoms with Gasteiger partial charge in [-0.3, -0.25) is 9.63 Å². The van der Waals surface area contributed by atoms with Gasteiger partial charge in [0, 0.05) is 13.6 Å². The smallest absolute Gasteiger partial charge is 0.307 e. The van der Waals surface area contributed by atoms with Gasteiger partial charge in [0.2, 0.25) is 0 Å². The summed E-state index contributed by atoms with van der Waals surface area (Å²) >= 11 is 0. The average molecular weight is 265 g/mol. The van der Waals surface area contributed by atoms with Gasteiger partial charge in [-0.15, -0.1) is 0 Å². The normalized spacial score (nSPS) is 12.6. The molecule has 0 saturated carbocycles. The first-order chi connectivity index (χ1) is 9.13. The van der Waals surface area contributed by atoms with Crippen molar-refractivity contribution in [3.8, 4) is 0 Å². The van der Waals surface area contributed by atoms with Gasteiger partial charge in [-0.1, -0.05) is 50.1 Å². The van der Waals surface area contributed by atoms with Crippen LogP contribution >= 0.6 is 0 Å². The van der Waals surface area contributed by atoms with Gasteiger partial charge in [0.05, 0.1) is 12.5 Å². The Morgan fingerprint density at radius 2 is 2.05 bits per heavy atom. The van der Waals surface area contributed by atoms with Gasteiger partial charge in [0.25, 0.3) is 0 Å². The molecule has 19 heavy (non-hydrogen) atoms. The van der Waals surface area contributed by atoms with Gasteiger partial charge in [0.1, 0.15) is 0 Å². The van der Waals surface area contributed by atoms with E-state index in [0.717, 1.165) is 18.4 Å². The van der Waals surface area contributed by atoms with Crippen molar-refractivity contribution in [3.63, 3.8) is 0 Å². The summed E-state index contributed by atoms with van der Waals surface area (Å²) in [4.78, 5) is 16.7. The minimum atomic E-state index is -0.747. The van der Waals surface area contributed by atoms with Crippen molar-refractivity contribution in [1.82, 2.24) is 5.06 Å². The fraction of sp³-hybridized carbons (Fsp3) is 0.533. The molecule has 0 aliphatic carbocycles. The van der Waals surface area contributed by atoms with E-state index in [1.807, 2.05) is 30.3 Å². The van der Waals surface area contributed by atoms with Crippen LogP contribution in [0.3, 0.4) is 0 Å². The Hall–Kier alpha value is -1.39. The quantitative estimate of drug-likeness (QED) is 0.697. The summed E-state index contributed by atoms with van der Waals surface area (Å²) in [6.07, 6.45) is 2.65. The van der Waals surface area contributed by atoms with E-state index < -0.39 is 5.97 Å². The Labute approximate surface area is 114 Å². The van der Waals surface area contributed by atoms with E-state index in [1.165, 1.54) is 0 Å². The largest absolute Gasteiger partial charge is 0.481 e. The van der Waals surface area contributed by atoms with E-state index in [4.69, 9.17) is 9.94 Å². The number of benzene rings is 1. The van der Waals surface area contributed by atoms with Crippen LogP contribution in [-0.2, 0) is 16.2 Å². The number of carbonyl (C=O) groups is 1. The first-order valence-electron chi connectivity index (χ1n) is 6.74. The van der Waals surface area contributed by atoms with Crippen LogP contribution < -0.4 is 0 Å². The highest BCUT2D eigenvalue weighted by molar-refractivity contribution is 5.70. The summed E-state index contributed by atoms with van der Waals surface area (Å²) in [6.45, 7) is 2.95. The third-order valence-electron chi connectivity index (χ3n) is 3.03. The molecule has 0 bridgehead atoms. The molecule has 0 radical (unpaired) electrons. The van der Waals surface area contributed by atoms with E-state index in [-0.39, 0.29) is 5.92 Å². The highest BCUT2D eigenvalue weighted by atomic mass is 16.7. The number of unbranched alkanes of at least 4 members (excludes halogenated alkanes) is 1. The fourth-order valence-corrected chi connectivity index (χ4v) is 1.87. The van der Waals surface area contributed by atoms with Gasteiger partial charge in [-0.2, -0.15) is 5.06 Å². The molecule has 1 aromatic rings. The number of carboxylic acids is 1. The van der Waals surface area contributed by atoms with E-state index in [1.54, 1.807) is 12.1 Å². The number of hydrogen-bond donors (Lipinski definition) is 1. The maximum absolute atomic E-state index is 11.1. The topological polar surface area (TPSA) is 49.8 Å². The van der Waals surface area contributed by atoms with Crippen LogP contribution in [0.2, 0.25) is 0 Å². The third kappa shape index (κ3) is 6.36. The zero-order valence-corrected chi connectivity index (χ0v) is 11.7. The molecule has 0 spiro atoms. The van der Waals surface area contributed by atoms with Crippen molar-refractivity contribution in [2.45, 2.75) is 32.8 Å². The molecule has 106 valence electrons. The Kier molecular flexibility index (Phi) is 7.15. The predicted molar refractivity (Wildman–Crippen MR) is 74.5 cm³/mol. The van der Waals surface area contributed by atoms with Gasteiger partial charge in [0.15, 0.2) is 0 Å².